The average Bonchev–Trinajstić information content (AvgIpc) is 3.34. The molecule has 1 aliphatic carbocycles. The molecule has 2 aromatic rings. The van der Waals surface area contributed by atoms with Gasteiger partial charge in [0.2, 0.25) is 11.1 Å². The first-order valence-electron chi connectivity index (χ1n) is 8.22. The number of carbonyl (C=O) groups is 1. The Hall–Kier alpha value is -2.16. The highest BCUT2D eigenvalue weighted by atomic mass is 32.2. The standard InChI is InChI=1S/C16H22N6O2S/c1-9-7-17-13(10(2)14(9)24-4)8-18-15(23)11(3)25-16-19-20-21-22(16)12-5-6-12/h7,11-12H,5-6,8H2,1-4H3,(H,18,23). The van der Waals surface area contributed by atoms with E-state index in [-0.39, 0.29) is 11.2 Å². The number of nitrogens with zero attached hydrogens (tertiary/aromatic N) is 5. The molecule has 134 valence electrons. The molecule has 1 N–H and O–H groups in total. The van der Waals surface area contributed by atoms with Crippen LogP contribution in [0.4, 0.5) is 0 Å². The summed E-state index contributed by atoms with van der Waals surface area (Å²) in [5, 5.41) is 15.1. The second-order valence-corrected chi connectivity index (χ2v) is 7.47. The third-order valence-corrected chi connectivity index (χ3v) is 5.23. The minimum Gasteiger partial charge on any atom is -0.496 e. The Morgan fingerprint density at radius 1 is 1.48 bits per heavy atom. The Balaban J connectivity index is 1.59. The average molecular weight is 362 g/mol. The molecule has 0 aliphatic heterocycles. The number of pyridine rings is 1. The van der Waals surface area contributed by atoms with Crippen LogP contribution in [0.5, 0.6) is 5.75 Å². The van der Waals surface area contributed by atoms with Gasteiger partial charge in [-0.1, -0.05) is 11.8 Å². The highest BCUT2D eigenvalue weighted by Gasteiger charge is 2.29. The predicted molar refractivity (Wildman–Crippen MR) is 93.5 cm³/mol. The molecule has 1 unspecified atom stereocenters. The SMILES string of the molecule is COc1c(C)cnc(CNC(=O)C(C)Sc2nnnn2C2CC2)c1C. The summed E-state index contributed by atoms with van der Waals surface area (Å²) in [6.07, 6.45) is 3.95. The van der Waals surface area contributed by atoms with Crippen LogP contribution in [0.3, 0.4) is 0 Å². The van der Waals surface area contributed by atoms with Crippen molar-refractivity contribution in [2.24, 2.45) is 0 Å². The van der Waals surface area contributed by atoms with Crippen LogP contribution in [0.1, 0.15) is 42.6 Å². The first-order valence-corrected chi connectivity index (χ1v) is 9.10. The third-order valence-electron chi connectivity index (χ3n) is 4.19. The van der Waals surface area contributed by atoms with E-state index in [4.69, 9.17) is 4.74 Å². The molecule has 1 fully saturated rings. The van der Waals surface area contributed by atoms with Crippen LogP contribution in [-0.4, -0.2) is 43.5 Å². The first kappa shape index (κ1) is 17.7. The van der Waals surface area contributed by atoms with Crippen LogP contribution in [0.2, 0.25) is 0 Å². The number of carbonyl (C=O) groups excluding carboxylic acids is 1. The smallest absolute Gasteiger partial charge is 0.233 e. The van der Waals surface area contributed by atoms with E-state index in [9.17, 15) is 4.79 Å². The number of amides is 1. The van der Waals surface area contributed by atoms with Crippen LogP contribution in [-0.2, 0) is 11.3 Å². The van der Waals surface area contributed by atoms with Gasteiger partial charge in [0.1, 0.15) is 5.75 Å². The van der Waals surface area contributed by atoms with E-state index in [2.05, 4.69) is 25.8 Å². The summed E-state index contributed by atoms with van der Waals surface area (Å²) < 4.78 is 7.21. The summed E-state index contributed by atoms with van der Waals surface area (Å²) in [5.41, 5.74) is 2.72. The van der Waals surface area contributed by atoms with Crippen molar-refractivity contribution in [3.63, 3.8) is 0 Å². The van der Waals surface area contributed by atoms with Gasteiger partial charge in [0.25, 0.3) is 0 Å². The molecule has 9 heteroatoms. The van der Waals surface area contributed by atoms with Gasteiger partial charge >= 0.3 is 0 Å². The molecule has 0 aromatic carbocycles. The lowest BCUT2D eigenvalue weighted by Crippen LogP contribution is -2.31. The molecule has 3 rings (SSSR count). The van der Waals surface area contributed by atoms with Crippen molar-refractivity contribution in [1.29, 1.82) is 0 Å². The molecule has 0 bridgehead atoms. The van der Waals surface area contributed by atoms with E-state index in [1.165, 1.54) is 11.8 Å². The summed E-state index contributed by atoms with van der Waals surface area (Å²) in [6.45, 7) is 6.11. The van der Waals surface area contributed by atoms with Crippen molar-refractivity contribution in [3.8, 4) is 5.75 Å². The number of hydrogen-bond acceptors (Lipinski definition) is 7. The number of ether oxygens (including phenoxy) is 1. The van der Waals surface area contributed by atoms with Gasteiger partial charge < -0.3 is 10.1 Å². The van der Waals surface area contributed by atoms with Gasteiger partial charge in [-0.25, -0.2) is 4.68 Å². The third kappa shape index (κ3) is 3.92. The van der Waals surface area contributed by atoms with Crippen LogP contribution in [0.15, 0.2) is 11.4 Å². The van der Waals surface area contributed by atoms with E-state index < -0.39 is 0 Å². The lowest BCUT2D eigenvalue weighted by atomic mass is 10.1. The number of methoxy groups -OCH3 is 1. The summed E-state index contributed by atoms with van der Waals surface area (Å²) in [6, 6.07) is 0.389. The van der Waals surface area contributed by atoms with Crippen molar-refractivity contribution in [3.05, 3.63) is 23.0 Å². The summed E-state index contributed by atoms with van der Waals surface area (Å²) in [4.78, 5) is 16.8. The number of nitrogens with one attached hydrogen (secondary N) is 1. The van der Waals surface area contributed by atoms with Gasteiger partial charge in [-0.3, -0.25) is 9.78 Å². The fourth-order valence-corrected chi connectivity index (χ4v) is 3.47. The number of hydrogen-bond donors (Lipinski definition) is 1. The lowest BCUT2D eigenvalue weighted by Gasteiger charge is -2.14. The van der Waals surface area contributed by atoms with Crippen LogP contribution < -0.4 is 10.1 Å². The monoisotopic (exact) mass is 362 g/mol. The van der Waals surface area contributed by atoms with Crippen molar-refractivity contribution < 1.29 is 9.53 Å². The second kappa shape index (κ2) is 7.38. The summed E-state index contributed by atoms with van der Waals surface area (Å²) >= 11 is 1.37. The zero-order valence-corrected chi connectivity index (χ0v) is 15.6. The van der Waals surface area contributed by atoms with Crippen molar-refractivity contribution in [2.75, 3.05) is 7.11 Å². The Morgan fingerprint density at radius 3 is 2.92 bits per heavy atom. The fourth-order valence-electron chi connectivity index (χ4n) is 2.59. The Kier molecular flexibility index (Phi) is 5.22. The molecule has 1 saturated carbocycles. The summed E-state index contributed by atoms with van der Waals surface area (Å²) in [5.74, 6) is 0.737. The van der Waals surface area contributed by atoms with Gasteiger partial charge in [-0.2, -0.15) is 0 Å². The zero-order chi connectivity index (χ0) is 18.0. The van der Waals surface area contributed by atoms with Crippen molar-refractivity contribution in [1.82, 2.24) is 30.5 Å². The predicted octanol–water partition coefficient (Wildman–Crippen LogP) is 1.83. The summed E-state index contributed by atoms with van der Waals surface area (Å²) in [7, 11) is 1.64. The lowest BCUT2D eigenvalue weighted by molar-refractivity contribution is -0.120. The van der Waals surface area contributed by atoms with Crippen molar-refractivity contribution in [2.45, 2.75) is 56.6 Å². The number of rotatable bonds is 7. The topological polar surface area (TPSA) is 94.8 Å². The molecule has 1 aliphatic rings. The molecule has 2 heterocycles. The van der Waals surface area contributed by atoms with E-state index in [1.54, 1.807) is 13.3 Å². The molecule has 2 aromatic heterocycles. The molecular formula is C16H22N6O2S. The van der Waals surface area contributed by atoms with E-state index in [0.717, 1.165) is 35.4 Å². The maximum atomic E-state index is 12.4. The molecule has 0 spiro atoms. The highest BCUT2D eigenvalue weighted by Crippen LogP contribution is 2.37. The maximum absolute atomic E-state index is 12.4. The highest BCUT2D eigenvalue weighted by molar-refractivity contribution is 8.00. The minimum atomic E-state index is -0.295. The molecule has 1 amide bonds. The maximum Gasteiger partial charge on any atom is 0.233 e. The molecule has 25 heavy (non-hydrogen) atoms. The largest absolute Gasteiger partial charge is 0.496 e. The molecule has 8 nitrogen and oxygen atoms in total. The van der Waals surface area contributed by atoms with Crippen LogP contribution >= 0.6 is 11.8 Å². The molecule has 0 radical (unpaired) electrons. The van der Waals surface area contributed by atoms with E-state index >= 15 is 0 Å². The Bertz CT molecular complexity index is 774. The molecule has 1 atom stereocenters. The molecular weight excluding hydrogens is 340 g/mol. The van der Waals surface area contributed by atoms with Gasteiger partial charge in [-0.05, 0) is 44.0 Å². The zero-order valence-electron chi connectivity index (χ0n) is 14.8. The number of tetrazole rings is 1. The van der Waals surface area contributed by atoms with Gasteiger partial charge in [0, 0.05) is 17.3 Å². The number of aryl methyl sites for hydroxylation is 1. The van der Waals surface area contributed by atoms with Gasteiger partial charge in [0.05, 0.1) is 30.6 Å². The van der Waals surface area contributed by atoms with Crippen LogP contribution in [0, 0.1) is 13.8 Å². The molecule has 0 saturated heterocycles. The van der Waals surface area contributed by atoms with Gasteiger partial charge in [0.15, 0.2) is 0 Å². The first-order chi connectivity index (χ1) is 12.0. The van der Waals surface area contributed by atoms with Crippen LogP contribution in [0.25, 0.3) is 0 Å². The number of thioether (sulfide) groups is 1. The second-order valence-electron chi connectivity index (χ2n) is 6.16. The Morgan fingerprint density at radius 2 is 2.24 bits per heavy atom. The van der Waals surface area contributed by atoms with Crippen molar-refractivity contribution >= 4 is 17.7 Å². The van der Waals surface area contributed by atoms with E-state index in [0.29, 0.717) is 17.7 Å². The quantitative estimate of drug-likeness (QED) is 0.751. The van der Waals surface area contributed by atoms with Gasteiger partial charge in [-0.15, -0.1) is 5.10 Å². The Labute approximate surface area is 150 Å². The fraction of sp³-hybridized carbons (Fsp3) is 0.562. The minimum absolute atomic E-state index is 0.0731. The normalized spacial score (nSPS) is 15.0. The van der Waals surface area contributed by atoms with E-state index in [1.807, 2.05) is 25.5 Å². The number of aromatic nitrogens is 5.